The smallest absolute Gasteiger partial charge is 0.305 e. The largest absolute Gasteiger partial charge is 0.481 e. The Kier molecular flexibility index (Phi) is 10.9. The highest BCUT2D eigenvalue weighted by molar-refractivity contribution is 7.64. The van der Waals surface area contributed by atoms with Crippen LogP contribution in [0.15, 0.2) is 91.0 Å². The van der Waals surface area contributed by atoms with Crippen LogP contribution in [0.2, 0.25) is 5.04 Å². The molecule has 0 aromatic heterocycles. The average molecular weight is 657 g/mol. The topological polar surface area (TPSA) is 72.8 Å². The van der Waals surface area contributed by atoms with Gasteiger partial charge in [0.15, 0.2) is 0 Å². The van der Waals surface area contributed by atoms with E-state index in [1.54, 1.807) is 19.1 Å². The molecule has 240 valence electrons. The molecule has 5 nitrogen and oxygen atoms in total. The lowest BCUT2D eigenvalue weighted by atomic mass is 9.93. The number of halogens is 1. The summed E-state index contributed by atoms with van der Waals surface area (Å²) in [5, 5.41) is 11.6. The maximum atomic E-state index is 14.4. The Morgan fingerprint density at radius 1 is 0.913 bits per heavy atom. The maximum absolute atomic E-state index is 14.4. The first-order chi connectivity index (χ1) is 21.7. The molecule has 0 saturated carbocycles. The van der Waals surface area contributed by atoms with Crippen molar-refractivity contribution in [2.45, 2.75) is 59.1 Å². The number of benzene rings is 4. The van der Waals surface area contributed by atoms with Crippen molar-refractivity contribution in [2.24, 2.45) is 0 Å². The van der Waals surface area contributed by atoms with Crippen molar-refractivity contribution in [3.8, 4) is 22.7 Å². The molecule has 8 heteroatoms. The van der Waals surface area contributed by atoms with E-state index >= 15 is 0 Å². The molecule has 0 spiro atoms. The standard InChI is InChI=1S/C38H42FO5PSi/c1-27-22-28(2)34(35(23-27)30-18-19-36(39)29(3)24-30)20-21-45(42,43-7)26-31(25-37(40)41)44-46(38(4,5)6,32-14-10-8-11-15-32)33-16-12-9-13-17-33/h8-19,22-24,31H,25-26H2,1-7H3,(H,40,41)/t31-,45?/m0/s1. The van der Waals surface area contributed by atoms with Crippen LogP contribution in [0.3, 0.4) is 0 Å². The second kappa shape index (κ2) is 14.3. The van der Waals surface area contributed by atoms with Gasteiger partial charge < -0.3 is 14.1 Å². The van der Waals surface area contributed by atoms with Gasteiger partial charge in [-0.05, 0) is 76.2 Å². The van der Waals surface area contributed by atoms with Crippen LogP contribution < -0.4 is 10.4 Å². The molecule has 2 atom stereocenters. The zero-order valence-corrected chi connectivity index (χ0v) is 29.5. The maximum Gasteiger partial charge on any atom is 0.305 e. The van der Waals surface area contributed by atoms with Gasteiger partial charge in [-0.15, -0.1) is 0 Å². The Bertz CT molecular complexity index is 1770. The average Bonchev–Trinajstić information content (AvgIpc) is 3.00. The lowest BCUT2D eigenvalue weighted by molar-refractivity contribution is -0.138. The molecule has 0 fully saturated rings. The molecule has 4 aromatic carbocycles. The molecule has 0 aliphatic carbocycles. The minimum Gasteiger partial charge on any atom is -0.481 e. The Morgan fingerprint density at radius 3 is 2.00 bits per heavy atom. The number of carbonyl (C=O) groups is 1. The number of aryl methyl sites for hydroxylation is 3. The number of hydrogen-bond donors (Lipinski definition) is 1. The van der Waals surface area contributed by atoms with Gasteiger partial charge in [-0.25, -0.2) is 4.39 Å². The Labute approximate surface area is 273 Å². The zero-order valence-electron chi connectivity index (χ0n) is 27.6. The van der Waals surface area contributed by atoms with Gasteiger partial charge in [0.25, 0.3) is 15.7 Å². The van der Waals surface area contributed by atoms with Crippen LogP contribution in [0.5, 0.6) is 0 Å². The van der Waals surface area contributed by atoms with E-state index in [1.165, 1.54) is 13.2 Å². The number of rotatable bonds is 10. The van der Waals surface area contributed by atoms with E-state index < -0.39 is 32.8 Å². The quantitative estimate of drug-likeness (QED) is 0.106. The van der Waals surface area contributed by atoms with E-state index in [0.29, 0.717) is 11.1 Å². The molecule has 1 N–H and O–H groups in total. The third kappa shape index (κ3) is 7.77. The summed E-state index contributed by atoms with van der Waals surface area (Å²) in [6.45, 7) is 11.9. The minimum absolute atomic E-state index is 0.205. The van der Waals surface area contributed by atoms with Gasteiger partial charge in [-0.3, -0.25) is 9.36 Å². The van der Waals surface area contributed by atoms with Gasteiger partial charge in [-0.2, -0.15) is 0 Å². The van der Waals surface area contributed by atoms with E-state index in [1.807, 2.05) is 86.6 Å². The van der Waals surface area contributed by atoms with Gasteiger partial charge in [-0.1, -0.05) is 111 Å². The third-order valence-electron chi connectivity index (χ3n) is 8.20. The summed E-state index contributed by atoms with van der Waals surface area (Å²) in [4.78, 5) is 12.2. The molecule has 0 radical (unpaired) electrons. The molecule has 0 heterocycles. The van der Waals surface area contributed by atoms with Crippen LogP contribution in [0.1, 0.15) is 49.4 Å². The van der Waals surface area contributed by atoms with Gasteiger partial charge in [0.1, 0.15) is 5.82 Å². The molecule has 4 aromatic rings. The first-order valence-electron chi connectivity index (χ1n) is 15.3. The second-order valence-electron chi connectivity index (χ2n) is 12.7. The molecule has 1 unspecified atom stereocenters. The van der Waals surface area contributed by atoms with Crippen LogP contribution in [0.25, 0.3) is 11.1 Å². The van der Waals surface area contributed by atoms with Crippen molar-refractivity contribution in [1.82, 2.24) is 0 Å². The van der Waals surface area contributed by atoms with Crippen molar-refractivity contribution in [2.75, 3.05) is 13.3 Å². The van der Waals surface area contributed by atoms with E-state index in [-0.39, 0.29) is 18.4 Å². The van der Waals surface area contributed by atoms with E-state index in [9.17, 15) is 18.9 Å². The first kappa shape index (κ1) is 35.1. The van der Waals surface area contributed by atoms with E-state index in [2.05, 4.69) is 32.4 Å². The van der Waals surface area contributed by atoms with Gasteiger partial charge >= 0.3 is 5.97 Å². The summed E-state index contributed by atoms with van der Waals surface area (Å²) >= 11 is 0. The van der Waals surface area contributed by atoms with Crippen molar-refractivity contribution < 1.29 is 27.8 Å². The highest BCUT2D eigenvalue weighted by Gasteiger charge is 2.52. The zero-order chi connectivity index (χ0) is 33.7. The van der Waals surface area contributed by atoms with Crippen molar-refractivity contribution in [3.05, 3.63) is 119 Å². The molecule has 0 bridgehead atoms. The van der Waals surface area contributed by atoms with Crippen LogP contribution in [0, 0.1) is 38.2 Å². The molecular weight excluding hydrogens is 614 g/mol. The Morgan fingerprint density at radius 2 is 1.50 bits per heavy atom. The summed E-state index contributed by atoms with van der Waals surface area (Å²) in [5.74, 6) is 1.76. The van der Waals surface area contributed by atoms with Crippen LogP contribution in [-0.4, -0.2) is 38.8 Å². The van der Waals surface area contributed by atoms with E-state index in [0.717, 1.165) is 32.6 Å². The van der Waals surface area contributed by atoms with Crippen LogP contribution in [-0.2, 0) is 18.3 Å². The van der Waals surface area contributed by atoms with Gasteiger partial charge in [0.05, 0.1) is 18.7 Å². The molecule has 0 saturated heterocycles. The predicted octanol–water partition coefficient (Wildman–Crippen LogP) is 8.07. The summed E-state index contributed by atoms with van der Waals surface area (Å²) in [6, 6.07) is 28.7. The fourth-order valence-electron chi connectivity index (χ4n) is 6.03. The number of hydrogen-bond acceptors (Lipinski definition) is 4. The Balaban J connectivity index is 1.82. The number of carboxylic acid groups (broad SMARTS) is 1. The number of carboxylic acids is 1. The lowest BCUT2D eigenvalue weighted by Gasteiger charge is -2.45. The summed E-state index contributed by atoms with van der Waals surface area (Å²) < 4.78 is 41.2. The SMILES string of the molecule is COP(=O)(C#Cc1c(C)cc(C)cc1-c1ccc(F)c(C)c1)C[C@H](CC(=O)O)O[Si](c1ccccc1)(c1ccccc1)C(C)(C)C. The van der Waals surface area contributed by atoms with Crippen molar-refractivity contribution >= 4 is 32.0 Å². The minimum atomic E-state index is -3.75. The monoisotopic (exact) mass is 656 g/mol. The van der Waals surface area contributed by atoms with Crippen molar-refractivity contribution in [1.29, 1.82) is 0 Å². The number of aliphatic carboxylic acids is 1. The predicted molar refractivity (Wildman–Crippen MR) is 187 cm³/mol. The van der Waals surface area contributed by atoms with E-state index in [4.69, 9.17) is 8.95 Å². The lowest BCUT2D eigenvalue weighted by Crippen LogP contribution is -2.68. The molecule has 4 rings (SSSR count). The fourth-order valence-corrected chi connectivity index (χ4v) is 12.2. The first-order valence-corrected chi connectivity index (χ1v) is 19.0. The third-order valence-corrected chi connectivity index (χ3v) is 15.2. The normalized spacial score (nSPS) is 13.7. The second-order valence-corrected chi connectivity index (χ2v) is 19.3. The molecule has 0 aliphatic heterocycles. The summed E-state index contributed by atoms with van der Waals surface area (Å²) in [5.41, 5.74) is 7.55. The van der Waals surface area contributed by atoms with Crippen LogP contribution in [0.4, 0.5) is 4.39 Å². The molecule has 0 aliphatic rings. The van der Waals surface area contributed by atoms with Gasteiger partial charge in [0, 0.05) is 12.7 Å². The molecular formula is C38H42FO5PSi. The highest BCUT2D eigenvalue weighted by Crippen LogP contribution is 2.48. The van der Waals surface area contributed by atoms with Gasteiger partial charge in [0.2, 0.25) is 0 Å². The summed E-state index contributed by atoms with van der Waals surface area (Å²) in [6.07, 6.45) is -1.53. The Hall–Kier alpha value is -3.79. The summed E-state index contributed by atoms with van der Waals surface area (Å²) in [7, 11) is -5.59. The molecule has 0 amide bonds. The fraction of sp³-hybridized carbons (Fsp3) is 0.289. The highest BCUT2D eigenvalue weighted by atomic mass is 31.2. The van der Waals surface area contributed by atoms with Crippen molar-refractivity contribution in [3.63, 3.8) is 0 Å². The van der Waals surface area contributed by atoms with Crippen LogP contribution >= 0.6 is 7.37 Å². The molecule has 46 heavy (non-hydrogen) atoms.